The number of nitrogens with two attached hydrogens (primary N) is 1. The Morgan fingerprint density at radius 3 is 2.82 bits per heavy atom. The number of carbonyl (C=O) groups is 1. The molecule has 0 bridgehead atoms. The van der Waals surface area contributed by atoms with Crippen molar-refractivity contribution in [1.82, 2.24) is 5.32 Å². The fourth-order valence-corrected chi connectivity index (χ4v) is 1.21. The van der Waals surface area contributed by atoms with Gasteiger partial charge in [0.1, 0.15) is 0 Å². The minimum Gasteiger partial charge on any atom is -0.369 e. The van der Waals surface area contributed by atoms with Crippen molar-refractivity contribution >= 4 is 5.91 Å². The lowest BCUT2D eigenvalue weighted by molar-refractivity contribution is -0.117. The number of nitrogens with one attached hydrogen (secondary N) is 1. The van der Waals surface area contributed by atoms with Crippen molar-refractivity contribution in [2.45, 2.75) is 32.2 Å². The normalized spacial score (nSPS) is 19.7. The highest BCUT2D eigenvalue weighted by atomic mass is 16.1. The lowest BCUT2D eigenvalue weighted by Crippen LogP contribution is -2.35. The summed E-state index contributed by atoms with van der Waals surface area (Å²) in [5.41, 5.74) is 4.99. The molecule has 1 atom stereocenters. The van der Waals surface area contributed by atoms with E-state index in [0.717, 1.165) is 5.92 Å². The van der Waals surface area contributed by atoms with Crippen LogP contribution >= 0.6 is 0 Å². The first kappa shape index (κ1) is 8.53. The maximum atomic E-state index is 10.4. The van der Waals surface area contributed by atoms with E-state index in [0.29, 0.717) is 12.6 Å². The third-order valence-corrected chi connectivity index (χ3v) is 2.01. The molecule has 0 aromatic carbocycles. The topological polar surface area (TPSA) is 55.1 Å². The molecule has 0 spiro atoms. The monoisotopic (exact) mass is 156 g/mol. The van der Waals surface area contributed by atoms with E-state index in [1.165, 1.54) is 19.3 Å². The predicted molar refractivity (Wildman–Crippen MR) is 44.0 cm³/mol. The second-order valence-corrected chi connectivity index (χ2v) is 3.43. The fraction of sp³-hybridized carbons (Fsp3) is 0.875. The largest absolute Gasteiger partial charge is 0.369 e. The van der Waals surface area contributed by atoms with E-state index in [-0.39, 0.29) is 5.91 Å². The Morgan fingerprint density at radius 2 is 2.36 bits per heavy atom. The number of hydrogen-bond donors (Lipinski definition) is 2. The maximum absolute atomic E-state index is 10.4. The van der Waals surface area contributed by atoms with Gasteiger partial charge in [0.25, 0.3) is 0 Å². The molecule has 1 fully saturated rings. The van der Waals surface area contributed by atoms with E-state index in [1.807, 2.05) is 0 Å². The Morgan fingerprint density at radius 1 is 1.73 bits per heavy atom. The number of primary amides is 1. The first-order valence-electron chi connectivity index (χ1n) is 4.20. The van der Waals surface area contributed by atoms with Gasteiger partial charge in [-0.15, -0.1) is 0 Å². The standard InChI is InChI=1S/C8H16N2O/c1-6(4-7-2-3-7)10-5-8(9)11/h6-7,10H,2-5H2,1H3,(H2,9,11). The summed E-state index contributed by atoms with van der Waals surface area (Å²) in [5.74, 6) is 0.637. The zero-order chi connectivity index (χ0) is 8.27. The van der Waals surface area contributed by atoms with Crippen LogP contribution in [0.5, 0.6) is 0 Å². The lowest BCUT2D eigenvalue weighted by Gasteiger charge is -2.10. The first-order chi connectivity index (χ1) is 5.18. The van der Waals surface area contributed by atoms with Crippen LogP contribution < -0.4 is 11.1 Å². The Bertz CT molecular complexity index is 143. The van der Waals surface area contributed by atoms with Gasteiger partial charge in [0.05, 0.1) is 6.54 Å². The first-order valence-corrected chi connectivity index (χ1v) is 4.20. The third-order valence-electron chi connectivity index (χ3n) is 2.01. The molecule has 1 aliphatic carbocycles. The second kappa shape index (κ2) is 3.72. The van der Waals surface area contributed by atoms with Gasteiger partial charge in [-0.2, -0.15) is 0 Å². The summed E-state index contributed by atoms with van der Waals surface area (Å²) in [6, 6.07) is 0.440. The molecule has 1 rings (SSSR count). The molecule has 3 N–H and O–H groups in total. The average molecular weight is 156 g/mol. The van der Waals surface area contributed by atoms with Gasteiger partial charge in [0.2, 0.25) is 5.91 Å². The maximum Gasteiger partial charge on any atom is 0.231 e. The van der Waals surface area contributed by atoms with Crippen LogP contribution in [0.25, 0.3) is 0 Å². The molecule has 11 heavy (non-hydrogen) atoms. The number of carbonyl (C=O) groups excluding carboxylic acids is 1. The van der Waals surface area contributed by atoms with Crippen molar-refractivity contribution in [3.05, 3.63) is 0 Å². The van der Waals surface area contributed by atoms with E-state index < -0.39 is 0 Å². The van der Waals surface area contributed by atoms with Gasteiger partial charge in [0, 0.05) is 6.04 Å². The highest BCUT2D eigenvalue weighted by molar-refractivity contribution is 5.75. The highest BCUT2D eigenvalue weighted by Crippen LogP contribution is 2.33. The van der Waals surface area contributed by atoms with Crippen LogP contribution in [0.4, 0.5) is 0 Å². The predicted octanol–water partition coefficient (Wildman–Crippen LogP) is 0.250. The van der Waals surface area contributed by atoms with Gasteiger partial charge >= 0.3 is 0 Å². The number of hydrogen-bond acceptors (Lipinski definition) is 2. The van der Waals surface area contributed by atoms with E-state index in [4.69, 9.17) is 5.73 Å². The summed E-state index contributed by atoms with van der Waals surface area (Å²) in [5, 5.41) is 3.08. The summed E-state index contributed by atoms with van der Waals surface area (Å²) >= 11 is 0. The Hall–Kier alpha value is -0.570. The highest BCUT2D eigenvalue weighted by Gasteiger charge is 2.23. The van der Waals surface area contributed by atoms with Crippen molar-refractivity contribution in [1.29, 1.82) is 0 Å². The van der Waals surface area contributed by atoms with Crippen molar-refractivity contribution in [3.8, 4) is 0 Å². The zero-order valence-corrected chi connectivity index (χ0v) is 6.97. The molecular weight excluding hydrogens is 140 g/mol. The Labute approximate surface area is 67.3 Å². The molecule has 1 aliphatic rings. The van der Waals surface area contributed by atoms with Crippen LogP contribution in [-0.2, 0) is 4.79 Å². The van der Waals surface area contributed by atoms with Crippen LogP contribution in [-0.4, -0.2) is 18.5 Å². The quantitative estimate of drug-likeness (QED) is 0.599. The molecule has 0 saturated heterocycles. The third kappa shape index (κ3) is 3.98. The molecule has 3 heteroatoms. The Kier molecular flexibility index (Phi) is 2.88. The SMILES string of the molecule is CC(CC1CC1)NCC(N)=O. The van der Waals surface area contributed by atoms with Crippen LogP contribution in [0.2, 0.25) is 0 Å². The van der Waals surface area contributed by atoms with Gasteiger partial charge in [-0.05, 0) is 19.3 Å². The molecule has 1 saturated carbocycles. The summed E-state index contributed by atoms with van der Waals surface area (Å²) in [4.78, 5) is 10.4. The molecule has 0 aromatic heterocycles. The minimum absolute atomic E-state index is 0.271. The molecule has 0 radical (unpaired) electrons. The molecular formula is C8H16N2O. The Balaban J connectivity index is 1.99. The van der Waals surface area contributed by atoms with Crippen LogP contribution in [0, 0.1) is 5.92 Å². The van der Waals surface area contributed by atoms with Crippen LogP contribution in [0.15, 0.2) is 0 Å². The summed E-state index contributed by atoms with van der Waals surface area (Å²) in [6.07, 6.45) is 3.92. The summed E-state index contributed by atoms with van der Waals surface area (Å²) < 4.78 is 0. The van der Waals surface area contributed by atoms with Crippen LogP contribution in [0.3, 0.4) is 0 Å². The molecule has 0 aromatic rings. The van der Waals surface area contributed by atoms with Crippen LogP contribution in [0.1, 0.15) is 26.2 Å². The molecule has 64 valence electrons. The van der Waals surface area contributed by atoms with Gasteiger partial charge in [-0.25, -0.2) is 0 Å². The van der Waals surface area contributed by atoms with Crippen molar-refractivity contribution in [2.75, 3.05) is 6.54 Å². The van der Waals surface area contributed by atoms with E-state index in [9.17, 15) is 4.79 Å². The van der Waals surface area contributed by atoms with E-state index in [2.05, 4.69) is 12.2 Å². The van der Waals surface area contributed by atoms with Crippen molar-refractivity contribution < 1.29 is 4.79 Å². The van der Waals surface area contributed by atoms with E-state index >= 15 is 0 Å². The fourth-order valence-electron chi connectivity index (χ4n) is 1.21. The summed E-state index contributed by atoms with van der Waals surface area (Å²) in [7, 11) is 0. The molecule has 1 amide bonds. The molecule has 1 unspecified atom stereocenters. The van der Waals surface area contributed by atoms with Crippen molar-refractivity contribution in [3.63, 3.8) is 0 Å². The average Bonchev–Trinajstić information content (AvgIpc) is 2.67. The molecule has 3 nitrogen and oxygen atoms in total. The minimum atomic E-state index is -0.271. The van der Waals surface area contributed by atoms with Gasteiger partial charge < -0.3 is 11.1 Å². The zero-order valence-electron chi connectivity index (χ0n) is 6.97. The second-order valence-electron chi connectivity index (χ2n) is 3.43. The lowest BCUT2D eigenvalue weighted by atomic mass is 10.1. The van der Waals surface area contributed by atoms with E-state index in [1.54, 1.807) is 0 Å². The van der Waals surface area contributed by atoms with Gasteiger partial charge in [-0.3, -0.25) is 4.79 Å². The molecule has 0 aliphatic heterocycles. The number of amides is 1. The van der Waals surface area contributed by atoms with Crippen molar-refractivity contribution in [2.24, 2.45) is 11.7 Å². The number of rotatable bonds is 5. The van der Waals surface area contributed by atoms with Gasteiger partial charge in [-0.1, -0.05) is 12.8 Å². The van der Waals surface area contributed by atoms with Gasteiger partial charge in [0.15, 0.2) is 0 Å². The summed E-state index contributed by atoms with van der Waals surface area (Å²) in [6.45, 7) is 2.41. The molecule has 0 heterocycles. The smallest absolute Gasteiger partial charge is 0.231 e.